The van der Waals surface area contributed by atoms with Gasteiger partial charge in [-0.1, -0.05) is 18.2 Å². The molecule has 0 unspecified atom stereocenters. The van der Waals surface area contributed by atoms with Crippen LogP contribution in [0.5, 0.6) is 0 Å². The molecule has 1 aromatic rings. The van der Waals surface area contributed by atoms with Crippen LogP contribution in [0.4, 0.5) is 5.69 Å². The van der Waals surface area contributed by atoms with E-state index in [-0.39, 0.29) is 12.5 Å². The monoisotopic (exact) mass is 331 g/mol. The molecular weight excluding hydrogens is 302 g/mol. The number of piperidine rings is 1. The molecule has 0 bridgehead atoms. The Morgan fingerprint density at radius 3 is 2.50 bits per heavy atom. The fourth-order valence-electron chi connectivity index (χ4n) is 3.50. The van der Waals surface area contributed by atoms with E-state index in [0.717, 1.165) is 37.7 Å². The third-order valence-corrected chi connectivity index (χ3v) is 5.00. The average molecular weight is 331 g/mol. The van der Waals surface area contributed by atoms with Crippen LogP contribution >= 0.6 is 0 Å². The summed E-state index contributed by atoms with van der Waals surface area (Å²) in [5.41, 5.74) is 1.03. The van der Waals surface area contributed by atoms with Crippen LogP contribution in [0.15, 0.2) is 30.3 Å². The molecule has 5 nitrogen and oxygen atoms in total. The highest BCUT2D eigenvalue weighted by Gasteiger charge is 2.32. The lowest BCUT2D eigenvalue weighted by molar-refractivity contribution is -0.120. The standard InChI is InChI=1S/C19H29N3O2/c23-14-4-11-22(17-5-2-1-3-6-17)15-19(24)20-16-9-12-21(13-10-16)18-7-8-18/h1-3,5-6,16,18,23H,4,7-15H2,(H,20,24). The molecule has 1 saturated carbocycles. The Morgan fingerprint density at radius 1 is 1.17 bits per heavy atom. The van der Waals surface area contributed by atoms with Crippen LogP contribution in [0, 0.1) is 0 Å². The molecule has 2 fully saturated rings. The predicted molar refractivity (Wildman–Crippen MR) is 96.1 cm³/mol. The minimum Gasteiger partial charge on any atom is -0.396 e. The number of carbonyl (C=O) groups excluding carboxylic acids is 1. The van der Waals surface area contributed by atoms with E-state index in [1.54, 1.807) is 0 Å². The number of rotatable bonds is 8. The van der Waals surface area contributed by atoms with Crippen molar-refractivity contribution < 1.29 is 9.90 Å². The van der Waals surface area contributed by atoms with Crippen LogP contribution in [0.1, 0.15) is 32.1 Å². The lowest BCUT2D eigenvalue weighted by Gasteiger charge is -2.33. The van der Waals surface area contributed by atoms with Crippen molar-refractivity contribution in [3.05, 3.63) is 30.3 Å². The van der Waals surface area contributed by atoms with Crippen LogP contribution in [-0.2, 0) is 4.79 Å². The van der Waals surface area contributed by atoms with Gasteiger partial charge in [0.15, 0.2) is 0 Å². The molecule has 0 radical (unpaired) electrons. The van der Waals surface area contributed by atoms with Gasteiger partial charge in [0, 0.05) is 44.0 Å². The highest BCUT2D eigenvalue weighted by Crippen LogP contribution is 2.29. The van der Waals surface area contributed by atoms with E-state index in [2.05, 4.69) is 10.2 Å². The van der Waals surface area contributed by atoms with Gasteiger partial charge in [0.05, 0.1) is 6.54 Å². The number of amides is 1. The maximum atomic E-state index is 12.5. The molecular formula is C19H29N3O2. The van der Waals surface area contributed by atoms with Crippen molar-refractivity contribution >= 4 is 11.6 Å². The summed E-state index contributed by atoms with van der Waals surface area (Å²) in [6.45, 7) is 3.41. The van der Waals surface area contributed by atoms with E-state index < -0.39 is 0 Å². The lowest BCUT2D eigenvalue weighted by Crippen LogP contribution is -2.48. The Kier molecular flexibility index (Phi) is 6.10. The second-order valence-electron chi connectivity index (χ2n) is 6.94. The summed E-state index contributed by atoms with van der Waals surface area (Å²) in [6, 6.07) is 11.1. The number of para-hydroxylation sites is 1. The van der Waals surface area contributed by atoms with Gasteiger partial charge in [-0.2, -0.15) is 0 Å². The van der Waals surface area contributed by atoms with Gasteiger partial charge < -0.3 is 20.2 Å². The lowest BCUT2D eigenvalue weighted by atomic mass is 10.0. The summed E-state index contributed by atoms with van der Waals surface area (Å²) in [7, 11) is 0. The van der Waals surface area contributed by atoms with E-state index >= 15 is 0 Å². The van der Waals surface area contributed by atoms with Gasteiger partial charge in [-0.15, -0.1) is 0 Å². The number of hydrogen-bond acceptors (Lipinski definition) is 4. The number of nitrogens with one attached hydrogen (secondary N) is 1. The molecule has 24 heavy (non-hydrogen) atoms. The quantitative estimate of drug-likeness (QED) is 0.760. The van der Waals surface area contributed by atoms with E-state index in [9.17, 15) is 4.79 Å². The zero-order chi connectivity index (χ0) is 16.8. The predicted octanol–water partition coefficient (Wildman–Crippen LogP) is 1.62. The molecule has 132 valence electrons. The molecule has 0 aromatic heterocycles. The Hall–Kier alpha value is -1.59. The van der Waals surface area contributed by atoms with Gasteiger partial charge in [-0.05, 0) is 44.2 Å². The van der Waals surface area contributed by atoms with Gasteiger partial charge in [-0.3, -0.25) is 4.79 Å². The van der Waals surface area contributed by atoms with Crippen molar-refractivity contribution in [2.75, 3.05) is 37.7 Å². The smallest absolute Gasteiger partial charge is 0.239 e. The molecule has 3 rings (SSSR count). The van der Waals surface area contributed by atoms with Crippen molar-refractivity contribution in [2.24, 2.45) is 0 Å². The molecule has 5 heteroatoms. The zero-order valence-electron chi connectivity index (χ0n) is 14.4. The maximum absolute atomic E-state index is 12.5. The maximum Gasteiger partial charge on any atom is 0.239 e. The fraction of sp³-hybridized carbons (Fsp3) is 0.632. The van der Waals surface area contributed by atoms with Crippen molar-refractivity contribution in [2.45, 2.75) is 44.2 Å². The number of anilines is 1. The molecule has 1 amide bonds. The fourth-order valence-corrected chi connectivity index (χ4v) is 3.50. The molecule has 1 aromatic carbocycles. The van der Waals surface area contributed by atoms with Crippen molar-refractivity contribution in [3.8, 4) is 0 Å². The van der Waals surface area contributed by atoms with E-state index in [1.165, 1.54) is 12.8 Å². The second-order valence-corrected chi connectivity index (χ2v) is 6.94. The van der Waals surface area contributed by atoms with Crippen LogP contribution in [0.25, 0.3) is 0 Å². The Morgan fingerprint density at radius 2 is 1.88 bits per heavy atom. The molecule has 1 aliphatic carbocycles. The highest BCUT2D eigenvalue weighted by molar-refractivity contribution is 5.81. The summed E-state index contributed by atoms with van der Waals surface area (Å²) in [6.07, 6.45) is 5.50. The van der Waals surface area contributed by atoms with Crippen molar-refractivity contribution in [3.63, 3.8) is 0 Å². The third-order valence-electron chi connectivity index (χ3n) is 5.00. The van der Waals surface area contributed by atoms with Gasteiger partial charge in [0.1, 0.15) is 0 Å². The summed E-state index contributed by atoms with van der Waals surface area (Å²) in [5, 5.41) is 12.3. The number of likely N-dealkylation sites (tertiary alicyclic amines) is 1. The Bertz CT molecular complexity index is 511. The number of nitrogens with zero attached hydrogens (tertiary/aromatic N) is 2. The third kappa shape index (κ3) is 4.95. The van der Waals surface area contributed by atoms with Crippen LogP contribution in [0.3, 0.4) is 0 Å². The van der Waals surface area contributed by atoms with Gasteiger partial charge >= 0.3 is 0 Å². The number of benzene rings is 1. The summed E-state index contributed by atoms with van der Waals surface area (Å²) in [5.74, 6) is 0.0849. The van der Waals surface area contributed by atoms with Gasteiger partial charge in [0.25, 0.3) is 0 Å². The first-order valence-corrected chi connectivity index (χ1v) is 9.20. The Labute approximate surface area is 144 Å². The van der Waals surface area contributed by atoms with Crippen LogP contribution in [0.2, 0.25) is 0 Å². The number of hydrogen-bond donors (Lipinski definition) is 2. The molecule has 2 aliphatic rings. The van der Waals surface area contributed by atoms with E-state index in [1.807, 2.05) is 35.2 Å². The zero-order valence-corrected chi connectivity index (χ0v) is 14.4. The normalized spacial score (nSPS) is 19.2. The highest BCUT2D eigenvalue weighted by atomic mass is 16.3. The first-order valence-electron chi connectivity index (χ1n) is 9.20. The summed E-state index contributed by atoms with van der Waals surface area (Å²) >= 11 is 0. The summed E-state index contributed by atoms with van der Waals surface area (Å²) in [4.78, 5) is 17.1. The molecule has 0 spiro atoms. The van der Waals surface area contributed by atoms with Crippen LogP contribution in [-0.4, -0.2) is 60.8 Å². The molecule has 1 aliphatic heterocycles. The van der Waals surface area contributed by atoms with Crippen molar-refractivity contribution in [1.82, 2.24) is 10.2 Å². The summed E-state index contributed by atoms with van der Waals surface area (Å²) < 4.78 is 0. The Balaban J connectivity index is 1.48. The minimum absolute atomic E-state index is 0.0849. The largest absolute Gasteiger partial charge is 0.396 e. The molecule has 1 saturated heterocycles. The number of aliphatic hydroxyl groups is 1. The van der Waals surface area contributed by atoms with E-state index in [4.69, 9.17) is 5.11 Å². The molecule has 0 atom stereocenters. The SMILES string of the molecule is O=C(CN(CCCO)c1ccccc1)NC1CCN(C2CC2)CC1. The van der Waals surface area contributed by atoms with Crippen molar-refractivity contribution in [1.29, 1.82) is 0 Å². The van der Waals surface area contributed by atoms with Crippen LogP contribution < -0.4 is 10.2 Å². The topological polar surface area (TPSA) is 55.8 Å². The molecule has 2 N–H and O–H groups in total. The van der Waals surface area contributed by atoms with E-state index in [0.29, 0.717) is 25.6 Å². The molecule has 1 heterocycles. The average Bonchev–Trinajstić information content (AvgIpc) is 3.45. The minimum atomic E-state index is 0.0849. The van der Waals surface area contributed by atoms with Gasteiger partial charge in [0.2, 0.25) is 5.91 Å². The first-order chi connectivity index (χ1) is 11.8. The first kappa shape index (κ1) is 17.2. The number of aliphatic hydroxyl groups excluding tert-OH is 1. The van der Waals surface area contributed by atoms with Gasteiger partial charge in [-0.25, -0.2) is 0 Å². The second kappa shape index (κ2) is 8.49. The number of carbonyl (C=O) groups is 1.